The molecule has 0 radical (unpaired) electrons. The quantitative estimate of drug-likeness (QED) is 0.275. The minimum absolute atomic E-state index is 0.141. The van der Waals surface area contributed by atoms with E-state index in [1.54, 1.807) is 38.2 Å². The predicted octanol–water partition coefficient (Wildman–Crippen LogP) is 5.38. The number of hydrogen-bond donors (Lipinski definition) is 0. The van der Waals surface area contributed by atoms with Gasteiger partial charge in [-0.3, -0.25) is 4.79 Å². The third-order valence-corrected chi connectivity index (χ3v) is 4.82. The summed E-state index contributed by atoms with van der Waals surface area (Å²) < 4.78 is 16.2. The van der Waals surface area contributed by atoms with E-state index < -0.39 is 16.4 Å². The molecule has 0 aliphatic carbocycles. The minimum atomic E-state index is -0.597. The normalized spacial score (nSPS) is 12.3. The summed E-state index contributed by atoms with van der Waals surface area (Å²) in [6, 6.07) is 12.9. The standard InChI is InChI=1S/C25H30BrNO5/c1-17(26)24(29)27(16-18-10-13-20(30-5)14-11-18)23-19(8-7-9-21(23)31-6)12-15-22(28)32-25(2,3)4/h7-15,17H,16H2,1-6H3/b15-12+/t17-/m1/s1. The second-order valence-electron chi connectivity index (χ2n) is 8.15. The fourth-order valence-electron chi connectivity index (χ4n) is 3.02. The van der Waals surface area contributed by atoms with E-state index in [1.165, 1.54) is 6.08 Å². The van der Waals surface area contributed by atoms with Crippen molar-refractivity contribution in [2.45, 2.75) is 44.7 Å². The molecule has 0 aliphatic rings. The second-order valence-corrected chi connectivity index (χ2v) is 9.53. The lowest BCUT2D eigenvalue weighted by Gasteiger charge is -2.28. The molecule has 0 unspecified atom stereocenters. The van der Waals surface area contributed by atoms with Crippen LogP contribution in [0.15, 0.2) is 48.5 Å². The lowest BCUT2D eigenvalue weighted by molar-refractivity contribution is -0.148. The van der Waals surface area contributed by atoms with Crippen LogP contribution in [0, 0.1) is 0 Å². The van der Waals surface area contributed by atoms with Crippen molar-refractivity contribution in [2.24, 2.45) is 0 Å². The van der Waals surface area contributed by atoms with Crippen molar-refractivity contribution >= 4 is 39.6 Å². The van der Waals surface area contributed by atoms with Crippen molar-refractivity contribution in [1.82, 2.24) is 0 Å². The Bertz CT molecular complexity index is 961. The van der Waals surface area contributed by atoms with Crippen molar-refractivity contribution in [1.29, 1.82) is 0 Å². The number of carbonyl (C=O) groups excluding carboxylic acids is 2. The van der Waals surface area contributed by atoms with Gasteiger partial charge in [0.25, 0.3) is 0 Å². The number of nitrogens with zero attached hydrogens (tertiary/aromatic N) is 1. The number of esters is 1. The summed E-state index contributed by atoms with van der Waals surface area (Å²) in [4.78, 5) is 26.6. The molecular formula is C25H30BrNO5. The van der Waals surface area contributed by atoms with Gasteiger partial charge in [0.05, 0.1) is 31.3 Å². The Morgan fingerprint density at radius 3 is 2.25 bits per heavy atom. The van der Waals surface area contributed by atoms with Gasteiger partial charge in [-0.25, -0.2) is 4.79 Å². The summed E-state index contributed by atoms with van der Waals surface area (Å²) in [5, 5.41) is 0. The highest BCUT2D eigenvalue weighted by Crippen LogP contribution is 2.35. The van der Waals surface area contributed by atoms with E-state index in [9.17, 15) is 9.59 Å². The van der Waals surface area contributed by atoms with Gasteiger partial charge >= 0.3 is 5.97 Å². The zero-order chi connectivity index (χ0) is 23.9. The number of anilines is 1. The Hall–Kier alpha value is -2.80. The lowest BCUT2D eigenvalue weighted by atomic mass is 10.1. The van der Waals surface area contributed by atoms with Gasteiger partial charge in [0.15, 0.2) is 0 Å². The molecule has 1 atom stereocenters. The Balaban J connectivity index is 2.51. The van der Waals surface area contributed by atoms with Crippen LogP contribution in [0.4, 0.5) is 5.69 Å². The average Bonchev–Trinajstić information content (AvgIpc) is 2.74. The third kappa shape index (κ3) is 7.12. The van der Waals surface area contributed by atoms with Gasteiger partial charge in [0.2, 0.25) is 5.91 Å². The van der Waals surface area contributed by atoms with Crippen LogP contribution in [-0.4, -0.2) is 36.5 Å². The number of carbonyl (C=O) groups is 2. The van der Waals surface area contributed by atoms with Gasteiger partial charge in [0.1, 0.15) is 17.1 Å². The lowest BCUT2D eigenvalue weighted by Crippen LogP contribution is -2.36. The summed E-state index contributed by atoms with van der Waals surface area (Å²) in [5.41, 5.74) is 1.55. The highest BCUT2D eigenvalue weighted by atomic mass is 79.9. The van der Waals surface area contributed by atoms with E-state index in [2.05, 4.69) is 15.9 Å². The summed E-state index contributed by atoms with van der Waals surface area (Å²) >= 11 is 3.40. The number of methoxy groups -OCH3 is 2. The van der Waals surface area contributed by atoms with Crippen LogP contribution in [0.25, 0.3) is 6.08 Å². The Morgan fingerprint density at radius 1 is 1.06 bits per heavy atom. The van der Waals surface area contributed by atoms with Gasteiger partial charge in [-0.1, -0.05) is 40.2 Å². The smallest absolute Gasteiger partial charge is 0.331 e. The first-order chi connectivity index (χ1) is 15.1. The van der Waals surface area contributed by atoms with Crippen LogP contribution >= 0.6 is 15.9 Å². The number of amides is 1. The first-order valence-electron chi connectivity index (χ1n) is 10.2. The van der Waals surface area contributed by atoms with E-state index in [0.717, 1.165) is 11.3 Å². The first kappa shape index (κ1) is 25.5. The van der Waals surface area contributed by atoms with Crippen molar-refractivity contribution in [3.63, 3.8) is 0 Å². The summed E-state index contributed by atoms with van der Waals surface area (Å²) in [6.07, 6.45) is 3.00. The highest BCUT2D eigenvalue weighted by Gasteiger charge is 2.25. The maximum absolute atomic E-state index is 13.2. The molecule has 2 rings (SSSR count). The summed E-state index contributed by atoms with van der Waals surface area (Å²) in [7, 11) is 3.16. The van der Waals surface area contributed by atoms with Gasteiger partial charge < -0.3 is 19.1 Å². The Kier molecular flexibility index (Phi) is 8.89. The number of ether oxygens (including phenoxy) is 3. The molecular weight excluding hydrogens is 474 g/mol. The van der Waals surface area contributed by atoms with E-state index in [0.29, 0.717) is 23.5 Å². The zero-order valence-electron chi connectivity index (χ0n) is 19.3. The first-order valence-corrected chi connectivity index (χ1v) is 11.1. The molecule has 1 amide bonds. The SMILES string of the molecule is COc1ccc(CN(C(=O)[C@@H](C)Br)c2c(/C=C/C(=O)OC(C)(C)C)cccc2OC)cc1. The largest absolute Gasteiger partial charge is 0.497 e. The Labute approximate surface area is 198 Å². The van der Waals surface area contributed by atoms with Crippen LogP contribution in [0.5, 0.6) is 11.5 Å². The third-order valence-electron chi connectivity index (χ3n) is 4.43. The van der Waals surface area contributed by atoms with E-state index in [4.69, 9.17) is 14.2 Å². The molecule has 2 aromatic carbocycles. The molecule has 0 fully saturated rings. The molecule has 0 saturated heterocycles. The molecule has 2 aromatic rings. The highest BCUT2D eigenvalue weighted by molar-refractivity contribution is 9.10. The summed E-state index contributed by atoms with van der Waals surface area (Å²) in [6.45, 7) is 7.51. The topological polar surface area (TPSA) is 65.1 Å². The Morgan fingerprint density at radius 2 is 1.72 bits per heavy atom. The molecule has 0 bridgehead atoms. The molecule has 0 N–H and O–H groups in total. The predicted molar refractivity (Wildman–Crippen MR) is 130 cm³/mol. The van der Waals surface area contributed by atoms with Gasteiger partial charge in [-0.2, -0.15) is 0 Å². The second kappa shape index (κ2) is 11.2. The molecule has 32 heavy (non-hydrogen) atoms. The van der Waals surface area contributed by atoms with Crippen molar-refractivity contribution in [2.75, 3.05) is 19.1 Å². The van der Waals surface area contributed by atoms with E-state index >= 15 is 0 Å². The zero-order valence-corrected chi connectivity index (χ0v) is 20.9. The molecule has 0 heterocycles. The fourth-order valence-corrected chi connectivity index (χ4v) is 3.26. The minimum Gasteiger partial charge on any atom is -0.497 e. The number of benzene rings is 2. The number of rotatable bonds is 8. The summed E-state index contributed by atoms with van der Waals surface area (Å²) in [5.74, 6) is 0.649. The van der Waals surface area contributed by atoms with Gasteiger partial charge in [0, 0.05) is 11.6 Å². The molecule has 0 spiro atoms. The molecule has 0 aliphatic heterocycles. The van der Waals surface area contributed by atoms with Gasteiger partial charge in [-0.05, 0) is 57.5 Å². The number of hydrogen-bond acceptors (Lipinski definition) is 5. The fraction of sp³-hybridized carbons (Fsp3) is 0.360. The van der Waals surface area contributed by atoms with Crippen molar-refractivity contribution in [3.05, 3.63) is 59.7 Å². The molecule has 0 saturated carbocycles. The van der Waals surface area contributed by atoms with E-state index in [-0.39, 0.29) is 5.91 Å². The maximum Gasteiger partial charge on any atom is 0.331 e. The van der Waals surface area contributed by atoms with Crippen LogP contribution in [0.3, 0.4) is 0 Å². The monoisotopic (exact) mass is 503 g/mol. The molecule has 0 aromatic heterocycles. The van der Waals surface area contributed by atoms with Crippen molar-refractivity contribution in [3.8, 4) is 11.5 Å². The molecule has 6 nitrogen and oxygen atoms in total. The van der Waals surface area contributed by atoms with Crippen LogP contribution in [-0.2, 0) is 20.9 Å². The van der Waals surface area contributed by atoms with Crippen LogP contribution in [0.1, 0.15) is 38.8 Å². The van der Waals surface area contributed by atoms with E-state index in [1.807, 2.05) is 57.2 Å². The van der Waals surface area contributed by atoms with Crippen molar-refractivity contribution < 1.29 is 23.8 Å². The number of alkyl halides is 1. The average molecular weight is 504 g/mol. The van der Waals surface area contributed by atoms with Crippen LogP contribution < -0.4 is 14.4 Å². The molecule has 172 valence electrons. The molecule has 7 heteroatoms. The maximum atomic E-state index is 13.2. The van der Waals surface area contributed by atoms with Crippen LogP contribution in [0.2, 0.25) is 0 Å². The number of para-hydroxylation sites is 1. The number of halogens is 1. The van der Waals surface area contributed by atoms with Gasteiger partial charge in [-0.15, -0.1) is 0 Å².